The normalized spacial score (nSPS) is 11.3. The highest BCUT2D eigenvalue weighted by Crippen LogP contribution is 2.29. The molecule has 0 aliphatic heterocycles. The van der Waals surface area contributed by atoms with Crippen molar-refractivity contribution in [1.29, 1.82) is 0 Å². The Morgan fingerprint density at radius 2 is 1.73 bits per heavy atom. The lowest BCUT2D eigenvalue weighted by Crippen LogP contribution is -2.14. The Labute approximate surface area is 191 Å². The van der Waals surface area contributed by atoms with Crippen LogP contribution >= 0.6 is 46.4 Å². The summed E-state index contributed by atoms with van der Waals surface area (Å²) in [5, 5.41) is 15.7. The third-order valence-corrected chi connectivity index (χ3v) is 4.74. The molecule has 1 aromatic heterocycles. The molecule has 0 radical (unpaired) electrons. The number of aromatic amines is 1. The van der Waals surface area contributed by atoms with Crippen LogP contribution in [-0.4, -0.2) is 27.1 Å². The van der Waals surface area contributed by atoms with Crippen LogP contribution in [0.25, 0.3) is 0 Å². The summed E-state index contributed by atoms with van der Waals surface area (Å²) in [7, 11) is 0. The molecule has 3 aromatic rings. The van der Waals surface area contributed by atoms with Gasteiger partial charge in [-0.05, 0) is 35.9 Å². The van der Waals surface area contributed by atoms with Crippen molar-refractivity contribution in [3.8, 4) is 5.75 Å². The molecule has 0 bridgehead atoms. The van der Waals surface area contributed by atoms with E-state index in [9.17, 15) is 0 Å². The second-order valence-corrected chi connectivity index (χ2v) is 7.33. The minimum absolute atomic E-state index is 0.0159. The number of aromatic nitrogens is 2. The van der Waals surface area contributed by atoms with Crippen LogP contribution in [0.2, 0.25) is 20.1 Å². The third-order valence-electron chi connectivity index (χ3n) is 3.62. The molecular formula is C18H15Cl4N3O5. The number of hydrogen-bond acceptors (Lipinski definition) is 5. The van der Waals surface area contributed by atoms with Gasteiger partial charge in [0.25, 0.3) is 5.09 Å². The average Bonchev–Trinajstić information content (AvgIpc) is 3.18. The van der Waals surface area contributed by atoms with Gasteiger partial charge in [-0.1, -0.05) is 52.5 Å². The second-order valence-electron chi connectivity index (χ2n) is 5.64. The van der Waals surface area contributed by atoms with Crippen molar-refractivity contribution >= 4 is 46.4 Å². The van der Waals surface area contributed by atoms with Crippen molar-refractivity contribution in [1.82, 2.24) is 9.97 Å². The first-order valence-corrected chi connectivity index (χ1v) is 9.73. The fraction of sp³-hybridized carbons (Fsp3) is 0.167. The first kappa shape index (κ1) is 24.0. The summed E-state index contributed by atoms with van der Waals surface area (Å²) in [6, 6.07) is 10.3. The molecule has 30 heavy (non-hydrogen) atoms. The topological polar surface area (TPSA) is 111 Å². The number of nitrogens with one attached hydrogen (secondary N) is 1. The van der Waals surface area contributed by atoms with Gasteiger partial charge < -0.3 is 19.7 Å². The zero-order valence-electron chi connectivity index (χ0n) is 15.1. The molecule has 0 aliphatic carbocycles. The number of rotatable bonds is 7. The summed E-state index contributed by atoms with van der Waals surface area (Å²) < 4.78 is 11.5. The molecule has 0 saturated carbocycles. The zero-order chi connectivity index (χ0) is 22.1. The highest BCUT2D eigenvalue weighted by atomic mass is 35.5. The van der Waals surface area contributed by atoms with Gasteiger partial charge in [-0.2, -0.15) is 0 Å². The Bertz CT molecular complexity index is 968. The van der Waals surface area contributed by atoms with Crippen LogP contribution in [0.15, 0.2) is 48.8 Å². The minimum atomic E-state index is -1.50. The number of benzene rings is 2. The van der Waals surface area contributed by atoms with Gasteiger partial charge in [-0.15, -0.1) is 10.1 Å². The lowest BCUT2D eigenvalue weighted by molar-refractivity contribution is -0.742. The molecule has 12 heteroatoms. The van der Waals surface area contributed by atoms with Crippen LogP contribution in [-0.2, 0) is 11.2 Å². The highest BCUT2D eigenvalue weighted by Gasteiger charge is 2.18. The lowest BCUT2D eigenvalue weighted by atomic mass is 10.1. The SMILES string of the molecule is Clc1ccc(CC(OCOc2ccc(Cl)cc2Cl)c2ncc[nH]2)c(Cl)c1.O=[N+]([O-])O. The number of halogens is 4. The van der Waals surface area contributed by atoms with Crippen molar-refractivity contribution in [2.45, 2.75) is 12.5 Å². The van der Waals surface area contributed by atoms with E-state index in [4.69, 9.17) is 71.2 Å². The van der Waals surface area contributed by atoms with E-state index in [1.165, 1.54) is 0 Å². The summed E-state index contributed by atoms with van der Waals surface area (Å²) in [6.07, 6.45) is 3.51. The summed E-state index contributed by atoms with van der Waals surface area (Å²) in [6.45, 7) is -0.0159. The number of nitrogens with zero attached hydrogens (tertiary/aromatic N) is 2. The minimum Gasteiger partial charge on any atom is -0.466 e. The van der Waals surface area contributed by atoms with Crippen LogP contribution < -0.4 is 4.74 Å². The monoisotopic (exact) mass is 493 g/mol. The quantitative estimate of drug-likeness (QED) is 0.236. The maximum Gasteiger partial charge on any atom is 0.291 e. The van der Waals surface area contributed by atoms with Crippen molar-refractivity contribution in [3.05, 3.63) is 90.4 Å². The molecule has 2 aromatic carbocycles. The van der Waals surface area contributed by atoms with E-state index in [0.29, 0.717) is 38.1 Å². The van der Waals surface area contributed by atoms with Crippen LogP contribution in [0.3, 0.4) is 0 Å². The Hall–Kier alpha value is -2.23. The lowest BCUT2D eigenvalue weighted by Gasteiger charge is -2.17. The van der Waals surface area contributed by atoms with Crippen LogP contribution in [0.1, 0.15) is 17.5 Å². The Balaban J connectivity index is 0.000000735. The predicted molar refractivity (Wildman–Crippen MR) is 113 cm³/mol. The highest BCUT2D eigenvalue weighted by molar-refractivity contribution is 6.35. The zero-order valence-corrected chi connectivity index (χ0v) is 18.1. The maximum atomic E-state index is 8.36. The molecule has 0 aliphatic rings. The van der Waals surface area contributed by atoms with Crippen LogP contribution in [0, 0.1) is 10.1 Å². The largest absolute Gasteiger partial charge is 0.466 e. The number of ether oxygens (including phenoxy) is 2. The van der Waals surface area contributed by atoms with Gasteiger partial charge in [0.2, 0.25) is 0 Å². The molecular weight excluding hydrogens is 480 g/mol. The molecule has 1 unspecified atom stereocenters. The van der Waals surface area contributed by atoms with Gasteiger partial charge in [-0.25, -0.2) is 4.98 Å². The first-order valence-electron chi connectivity index (χ1n) is 8.22. The Morgan fingerprint density at radius 1 is 1.10 bits per heavy atom. The Morgan fingerprint density at radius 3 is 2.30 bits per heavy atom. The fourth-order valence-electron chi connectivity index (χ4n) is 2.35. The van der Waals surface area contributed by atoms with Crippen molar-refractivity contribution in [2.24, 2.45) is 0 Å². The van der Waals surface area contributed by atoms with E-state index in [1.807, 2.05) is 6.07 Å². The van der Waals surface area contributed by atoms with Gasteiger partial charge in [0.05, 0.1) is 5.02 Å². The van der Waals surface area contributed by atoms with Gasteiger partial charge >= 0.3 is 0 Å². The smallest absolute Gasteiger partial charge is 0.291 e. The number of imidazole rings is 1. The van der Waals surface area contributed by atoms with Crippen LogP contribution in [0.5, 0.6) is 5.75 Å². The van der Waals surface area contributed by atoms with Crippen molar-refractivity contribution in [3.63, 3.8) is 0 Å². The van der Waals surface area contributed by atoms with Crippen molar-refractivity contribution < 1.29 is 19.8 Å². The van der Waals surface area contributed by atoms with E-state index in [2.05, 4.69) is 9.97 Å². The molecule has 3 rings (SSSR count). The fourth-order valence-corrected chi connectivity index (χ4v) is 3.30. The molecule has 0 spiro atoms. The van der Waals surface area contributed by atoms with E-state index < -0.39 is 5.09 Å². The molecule has 160 valence electrons. The summed E-state index contributed by atoms with van der Waals surface area (Å²) in [5.74, 6) is 1.15. The predicted octanol–water partition coefficient (Wildman–Crippen LogP) is 6.01. The maximum absolute atomic E-state index is 8.36. The Kier molecular flexibility index (Phi) is 9.48. The first-order chi connectivity index (χ1) is 14.3. The molecule has 8 nitrogen and oxygen atoms in total. The van der Waals surface area contributed by atoms with Crippen molar-refractivity contribution in [2.75, 3.05) is 6.79 Å². The van der Waals surface area contributed by atoms with Gasteiger partial charge in [0, 0.05) is 33.9 Å². The van der Waals surface area contributed by atoms with Gasteiger partial charge in [-0.3, -0.25) is 0 Å². The van der Waals surface area contributed by atoms with E-state index >= 15 is 0 Å². The number of hydrogen-bond donors (Lipinski definition) is 2. The number of H-pyrrole nitrogens is 1. The molecule has 0 amide bonds. The summed E-state index contributed by atoms with van der Waals surface area (Å²) >= 11 is 24.2. The molecule has 1 heterocycles. The summed E-state index contributed by atoms with van der Waals surface area (Å²) in [4.78, 5) is 15.7. The molecule has 0 saturated heterocycles. The summed E-state index contributed by atoms with van der Waals surface area (Å²) in [5.41, 5.74) is 0.891. The van der Waals surface area contributed by atoms with E-state index in [1.54, 1.807) is 42.7 Å². The third kappa shape index (κ3) is 7.89. The van der Waals surface area contributed by atoms with E-state index in [0.717, 1.165) is 5.56 Å². The van der Waals surface area contributed by atoms with Gasteiger partial charge in [0.1, 0.15) is 17.7 Å². The molecule has 1 atom stereocenters. The van der Waals surface area contributed by atoms with Gasteiger partial charge in [0.15, 0.2) is 6.79 Å². The average molecular weight is 495 g/mol. The molecule has 2 N–H and O–H groups in total. The molecule has 0 fully saturated rings. The van der Waals surface area contributed by atoms with E-state index in [-0.39, 0.29) is 12.9 Å². The van der Waals surface area contributed by atoms with Crippen LogP contribution in [0.4, 0.5) is 0 Å². The second kappa shape index (κ2) is 11.8. The standard InChI is InChI=1S/C18H14Cl4N2O2.HNO3/c19-12-2-1-11(14(21)8-12)7-17(18-23-5-6-24-18)26-10-25-16-4-3-13(20)9-15(16)22;2-1(3)4/h1-6,8-9,17H,7,10H2,(H,23,24);(H,2,3,4).